The number of unbranched alkanes of at least 4 members (excludes halogenated alkanes) is 1. The summed E-state index contributed by atoms with van der Waals surface area (Å²) in [6, 6.07) is 0. The SMILES string of the molecule is C=NCCCCn1nncc1CC. The van der Waals surface area contributed by atoms with Crippen LogP contribution in [0, 0.1) is 0 Å². The molecule has 0 aliphatic carbocycles. The minimum atomic E-state index is 0.843. The summed E-state index contributed by atoms with van der Waals surface area (Å²) in [6.07, 6.45) is 4.99. The molecule has 0 unspecified atom stereocenters. The molecule has 0 atom stereocenters. The number of hydrogen-bond acceptors (Lipinski definition) is 3. The van der Waals surface area contributed by atoms with Gasteiger partial charge in [0.15, 0.2) is 0 Å². The molecule has 1 aromatic rings. The first-order chi connectivity index (χ1) is 6.38. The van der Waals surface area contributed by atoms with E-state index in [4.69, 9.17) is 0 Å². The molecule has 0 bridgehead atoms. The zero-order valence-corrected chi connectivity index (χ0v) is 8.11. The van der Waals surface area contributed by atoms with Crippen LogP contribution in [-0.4, -0.2) is 28.3 Å². The molecule has 0 radical (unpaired) electrons. The monoisotopic (exact) mass is 180 g/mol. The van der Waals surface area contributed by atoms with Crippen molar-refractivity contribution in [1.29, 1.82) is 0 Å². The minimum absolute atomic E-state index is 0.843. The average molecular weight is 180 g/mol. The Morgan fingerprint density at radius 1 is 1.54 bits per heavy atom. The van der Waals surface area contributed by atoms with Crippen LogP contribution in [0.4, 0.5) is 0 Å². The maximum atomic E-state index is 4.01. The molecule has 0 aliphatic rings. The van der Waals surface area contributed by atoms with Crippen molar-refractivity contribution in [2.75, 3.05) is 6.54 Å². The third kappa shape index (κ3) is 2.97. The third-order valence-electron chi connectivity index (χ3n) is 2.00. The van der Waals surface area contributed by atoms with Gasteiger partial charge in [0.1, 0.15) is 0 Å². The summed E-state index contributed by atoms with van der Waals surface area (Å²) >= 11 is 0. The molecule has 4 nitrogen and oxygen atoms in total. The second-order valence-corrected chi connectivity index (χ2v) is 2.96. The quantitative estimate of drug-likeness (QED) is 0.489. The van der Waals surface area contributed by atoms with E-state index in [9.17, 15) is 0 Å². The fourth-order valence-corrected chi connectivity index (χ4v) is 1.23. The van der Waals surface area contributed by atoms with E-state index >= 15 is 0 Å². The first-order valence-electron chi connectivity index (χ1n) is 4.68. The second-order valence-electron chi connectivity index (χ2n) is 2.96. The van der Waals surface area contributed by atoms with E-state index < -0.39 is 0 Å². The first-order valence-corrected chi connectivity index (χ1v) is 4.68. The van der Waals surface area contributed by atoms with Crippen molar-refractivity contribution in [3.8, 4) is 0 Å². The maximum Gasteiger partial charge on any atom is 0.0725 e. The predicted octanol–water partition coefficient (Wildman–Crippen LogP) is 1.32. The van der Waals surface area contributed by atoms with Gasteiger partial charge in [0.2, 0.25) is 0 Å². The third-order valence-corrected chi connectivity index (χ3v) is 2.00. The standard InChI is InChI=1S/C9H16N4/c1-3-9-8-11-12-13(9)7-5-4-6-10-2/h8H,2-7H2,1H3. The van der Waals surface area contributed by atoms with Crippen LogP contribution in [0.5, 0.6) is 0 Å². The lowest BCUT2D eigenvalue weighted by Gasteiger charge is -2.02. The Kier molecular flexibility index (Phi) is 4.15. The second kappa shape index (κ2) is 5.45. The zero-order chi connectivity index (χ0) is 9.52. The Bertz CT molecular complexity index is 254. The number of hydrogen-bond donors (Lipinski definition) is 0. The van der Waals surface area contributed by atoms with Crippen molar-refractivity contribution in [3.63, 3.8) is 0 Å². The summed E-state index contributed by atoms with van der Waals surface area (Å²) in [5.41, 5.74) is 1.20. The lowest BCUT2D eigenvalue weighted by molar-refractivity contribution is 0.528. The van der Waals surface area contributed by atoms with Crippen molar-refractivity contribution in [3.05, 3.63) is 11.9 Å². The molecule has 0 fully saturated rings. The molecule has 0 aromatic carbocycles. The van der Waals surface area contributed by atoms with Gasteiger partial charge in [-0.2, -0.15) is 0 Å². The Balaban J connectivity index is 2.31. The van der Waals surface area contributed by atoms with Crippen LogP contribution in [0.3, 0.4) is 0 Å². The summed E-state index contributed by atoms with van der Waals surface area (Å²) in [7, 11) is 0. The number of nitrogens with zero attached hydrogens (tertiary/aromatic N) is 4. The van der Waals surface area contributed by atoms with Gasteiger partial charge in [-0.1, -0.05) is 12.1 Å². The van der Waals surface area contributed by atoms with Crippen LogP contribution in [0.2, 0.25) is 0 Å². The predicted molar refractivity (Wildman–Crippen MR) is 53.1 cm³/mol. The van der Waals surface area contributed by atoms with Crippen molar-refractivity contribution in [1.82, 2.24) is 15.0 Å². The van der Waals surface area contributed by atoms with Gasteiger partial charge in [-0.3, -0.25) is 0 Å². The molecule has 0 aliphatic heterocycles. The van der Waals surface area contributed by atoms with Gasteiger partial charge < -0.3 is 4.99 Å². The Morgan fingerprint density at radius 3 is 3.08 bits per heavy atom. The molecule has 1 rings (SSSR count). The van der Waals surface area contributed by atoms with Crippen LogP contribution in [-0.2, 0) is 13.0 Å². The van der Waals surface area contributed by atoms with Crippen LogP contribution >= 0.6 is 0 Å². The minimum Gasteiger partial charge on any atom is -0.301 e. The number of aryl methyl sites for hydroxylation is 2. The molecule has 0 N–H and O–H groups in total. The summed E-state index contributed by atoms with van der Waals surface area (Å²) in [5, 5.41) is 7.87. The first kappa shape index (κ1) is 9.89. The summed E-state index contributed by atoms with van der Waals surface area (Å²) < 4.78 is 1.96. The van der Waals surface area contributed by atoms with Gasteiger partial charge >= 0.3 is 0 Å². The van der Waals surface area contributed by atoms with E-state index in [2.05, 4.69) is 28.9 Å². The largest absolute Gasteiger partial charge is 0.301 e. The van der Waals surface area contributed by atoms with Crippen molar-refractivity contribution in [2.24, 2.45) is 4.99 Å². The highest BCUT2D eigenvalue weighted by atomic mass is 15.4. The molecular formula is C9H16N4. The molecule has 1 aromatic heterocycles. The molecule has 4 heteroatoms. The smallest absolute Gasteiger partial charge is 0.0725 e. The van der Waals surface area contributed by atoms with Gasteiger partial charge in [-0.15, -0.1) is 5.10 Å². The van der Waals surface area contributed by atoms with Crippen molar-refractivity contribution < 1.29 is 0 Å². The molecule has 0 saturated heterocycles. The van der Waals surface area contributed by atoms with Gasteiger partial charge in [0, 0.05) is 13.1 Å². The van der Waals surface area contributed by atoms with Crippen molar-refractivity contribution in [2.45, 2.75) is 32.7 Å². The Labute approximate surface area is 78.7 Å². The number of rotatable bonds is 6. The van der Waals surface area contributed by atoms with E-state index in [1.54, 1.807) is 0 Å². The molecule has 13 heavy (non-hydrogen) atoms. The normalized spacial score (nSPS) is 10.2. The van der Waals surface area contributed by atoms with Crippen LogP contribution in [0.15, 0.2) is 11.2 Å². The topological polar surface area (TPSA) is 43.1 Å². The molecule has 72 valence electrons. The van der Waals surface area contributed by atoms with E-state index in [1.807, 2.05) is 10.9 Å². The number of aromatic nitrogens is 3. The molecule has 0 spiro atoms. The van der Waals surface area contributed by atoms with E-state index in [0.717, 1.165) is 32.4 Å². The molecular weight excluding hydrogens is 164 g/mol. The maximum absolute atomic E-state index is 4.01. The molecule has 0 saturated carbocycles. The highest BCUT2D eigenvalue weighted by molar-refractivity contribution is 5.22. The Hall–Kier alpha value is -1.19. The summed E-state index contributed by atoms with van der Waals surface area (Å²) in [6.45, 7) is 7.34. The molecule has 0 amide bonds. The summed E-state index contributed by atoms with van der Waals surface area (Å²) in [4.78, 5) is 3.80. The van der Waals surface area contributed by atoms with Gasteiger partial charge in [0.25, 0.3) is 0 Å². The Morgan fingerprint density at radius 2 is 2.38 bits per heavy atom. The van der Waals surface area contributed by atoms with Crippen LogP contribution in [0.1, 0.15) is 25.5 Å². The highest BCUT2D eigenvalue weighted by Crippen LogP contribution is 2.00. The number of aliphatic imine (C=N–C) groups is 1. The van der Waals surface area contributed by atoms with Gasteiger partial charge in [0.05, 0.1) is 11.9 Å². The average Bonchev–Trinajstić information content (AvgIpc) is 2.60. The van der Waals surface area contributed by atoms with Crippen molar-refractivity contribution >= 4 is 6.72 Å². The van der Waals surface area contributed by atoms with E-state index in [1.165, 1.54) is 5.69 Å². The fraction of sp³-hybridized carbons (Fsp3) is 0.667. The fourth-order valence-electron chi connectivity index (χ4n) is 1.23. The van der Waals surface area contributed by atoms with E-state index in [0.29, 0.717) is 0 Å². The lowest BCUT2D eigenvalue weighted by atomic mass is 10.3. The lowest BCUT2D eigenvalue weighted by Crippen LogP contribution is -2.04. The summed E-state index contributed by atoms with van der Waals surface area (Å²) in [5.74, 6) is 0. The van der Waals surface area contributed by atoms with E-state index in [-0.39, 0.29) is 0 Å². The van der Waals surface area contributed by atoms with Crippen LogP contribution < -0.4 is 0 Å². The highest BCUT2D eigenvalue weighted by Gasteiger charge is 1.99. The molecule has 1 heterocycles. The van der Waals surface area contributed by atoms with Gasteiger partial charge in [-0.05, 0) is 26.0 Å². The van der Waals surface area contributed by atoms with Gasteiger partial charge in [-0.25, -0.2) is 4.68 Å². The zero-order valence-electron chi connectivity index (χ0n) is 8.11. The van der Waals surface area contributed by atoms with Crippen LogP contribution in [0.25, 0.3) is 0 Å².